The Hall–Kier alpha value is -0.410. The zero-order valence-electron chi connectivity index (χ0n) is 11.4. The van der Waals surface area contributed by atoms with Crippen molar-refractivity contribution in [3.8, 4) is 0 Å². The van der Waals surface area contributed by atoms with Crippen LogP contribution >= 0.6 is 23.2 Å². The van der Waals surface area contributed by atoms with E-state index in [-0.39, 0.29) is 6.61 Å². The second-order valence-electron chi connectivity index (χ2n) is 5.04. The summed E-state index contributed by atoms with van der Waals surface area (Å²) in [6.07, 6.45) is -1.26. The minimum Gasteiger partial charge on any atom is -0.342 e. The maximum absolute atomic E-state index is 10.9. The van der Waals surface area contributed by atoms with Crippen LogP contribution in [0.15, 0.2) is 18.2 Å². The molecule has 2 rings (SSSR count). The molecule has 9 heteroatoms. The predicted octanol–water partition coefficient (Wildman–Crippen LogP) is 2.41. The first-order valence-electron chi connectivity index (χ1n) is 6.05. The van der Waals surface area contributed by atoms with Crippen LogP contribution in [0.4, 0.5) is 0 Å². The number of halogens is 2. The van der Waals surface area contributed by atoms with Gasteiger partial charge in [0.25, 0.3) is 0 Å². The van der Waals surface area contributed by atoms with E-state index in [4.69, 9.17) is 37.8 Å². The van der Waals surface area contributed by atoms with Gasteiger partial charge in [-0.05, 0) is 26.0 Å². The molecule has 0 radical (unpaired) electrons. The van der Waals surface area contributed by atoms with Crippen LogP contribution in [0.5, 0.6) is 0 Å². The van der Waals surface area contributed by atoms with Crippen molar-refractivity contribution >= 4 is 33.5 Å². The molecule has 0 unspecified atom stereocenters. The molecule has 1 aromatic carbocycles. The van der Waals surface area contributed by atoms with Gasteiger partial charge in [0.2, 0.25) is 0 Å². The molecule has 1 aliphatic heterocycles. The smallest absolute Gasteiger partial charge is 0.333 e. The van der Waals surface area contributed by atoms with Crippen molar-refractivity contribution in [2.24, 2.45) is 5.14 Å². The van der Waals surface area contributed by atoms with Crippen LogP contribution in [-0.4, -0.2) is 26.9 Å². The highest BCUT2D eigenvalue weighted by Crippen LogP contribution is 2.41. The molecule has 21 heavy (non-hydrogen) atoms. The van der Waals surface area contributed by atoms with Gasteiger partial charge in [-0.2, -0.15) is 8.42 Å². The van der Waals surface area contributed by atoms with Gasteiger partial charge in [-0.15, -0.1) is 0 Å². The van der Waals surface area contributed by atoms with Crippen molar-refractivity contribution in [1.29, 1.82) is 0 Å². The van der Waals surface area contributed by atoms with E-state index < -0.39 is 28.3 Å². The van der Waals surface area contributed by atoms with Crippen LogP contribution < -0.4 is 5.14 Å². The summed E-state index contributed by atoms with van der Waals surface area (Å²) in [4.78, 5) is 0. The zero-order chi connectivity index (χ0) is 15.8. The molecule has 0 spiro atoms. The molecule has 0 aromatic heterocycles. The molecule has 0 saturated carbocycles. The number of ether oxygens (including phenoxy) is 2. The van der Waals surface area contributed by atoms with Gasteiger partial charge in [-0.3, -0.25) is 4.18 Å². The first-order valence-corrected chi connectivity index (χ1v) is 8.28. The molecule has 1 saturated heterocycles. The van der Waals surface area contributed by atoms with E-state index in [9.17, 15) is 8.42 Å². The number of hydrogen-bond donors (Lipinski definition) is 1. The fraction of sp³-hybridized carbons (Fsp3) is 0.500. The van der Waals surface area contributed by atoms with Crippen molar-refractivity contribution in [1.82, 2.24) is 0 Å². The number of rotatable bonds is 4. The van der Waals surface area contributed by atoms with Crippen LogP contribution in [-0.2, 0) is 24.0 Å². The summed E-state index contributed by atoms with van der Waals surface area (Å²) in [5.41, 5.74) is 0.634. The molecule has 118 valence electrons. The molecule has 1 aromatic rings. The fourth-order valence-corrected chi connectivity index (χ4v) is 2.95. The second kappa shape index (κ2) is 6.00. The topological polar surface area (TPSA) is 87.9 Å². The highest BCUT2D eigenvalue weighted by atomic mass is 35.5. The summed E-state index contributed by atoms with van der Waals surface area (Å²) in [5, 5.41) is 5.71. The van der Waals surface area contributed by atoms with Crippen molar-refractivity contribution in [2.45, 2.75) is 31.8 Å². The molecule has 1 heterocycles. The van der Waals surface area contributed by atoms with Gasteiger partial charge in [0.15, 0.2) is 5.79 Å². The lowest BCUT2D eigenvalue weighted by atomic mass is 10.1. The van der Waals surface area contributed by atoms with Crippen LogP contribution in [0.25, 0.3) is 0 Å². The Kier molecular flexibility index (Phi) is 4.84. The number of benzene rings is 1. The Balaban J connectivity index is 2.25. The van der Waals surface area contributed by atoms with Crippen LogP contribution in [0.1, 0.15) is 25.5 Å². The summed E-state index contributed by atoms with van der Waals surface area (Å²) in [6, 6.07) is 4.93. The van der Waals surface area contributed by atoms with E-state index in [1.165, 1.54) is 0 Å². The molecule has 2 atom stereocenters. The molecule has 0 amide bonds. The first kappa shape index (κ1) is 17.0. The SMILES string of the molecule is CC1(C)O[C@@H](COS(N)(=O)=O)[C@H](c2ccc(Cl)cc2Cl)O1. The summed E-state index contributed by atoms with van der Waals surface area (Å²) in [7, 11) is -4.06. The minimum absolute atomic E-state index is 0.272. The summed E-state index contributed by atoms with van der Waals surface area (Å²) in [6.45, 7) is 3.15. The molecule has 1 aliphatic rings. The van der Waals surface area contributed by atoms with Gasteiger partial charge in [0.1, 0.15) is 12.2 Å². The third kappa shape index (κ3) is 4.53. The quantitative estimate of drug-likeness (QED) is 0.895. The van der Waals surface area contributed by atoms with Crippen molar-refractivity contribution in [3.63, 3.8) is 0 Å². The third-order valence-corrected chi connectivity index (χ3v) is 3.88. The molecule has 0 bridgehead atoms. The van der Waals surface area contributed by atoms with Gasteiger partial charge in [-0.25, -0.2) is 5.14 Å². The highest BCUT2D eigenvalue weighted by Gasteiger charge is 2.43. The Morgan fingerprint density at radius 2 is 2.00 bits per heavy atom. The second-order valence-corrected chi connectivity index (χ2v) is 7.10. The summed E-state index contributed by atoms with van der Waals surface area (Å²) in [5.74, 6) is -0.903. The minimum atomic E-state index is -4.06. The lowest BCUT2D eigenvalue weighted by Gasteiger charge is -2.18. The molecular weight excluding hydrogens is 341 g/mol. The molecule has 1 fully saturated rings. The van der Waals surface area contributed by atoms with Crippen molar-refractivity contribution in [2.75, 3.05) is 6.61 Å². The maximum Gasteiger partial charge on any atom is 0.333 e. The van der Waals surface area contributed by atoms with Gasteiger partial charge < -0.3 is 9.47 Å². The predicted molar refractivity (Wildman–Crippen MR) is 78.3 cm³/mol. The standard InChI is InChI=1S/C12H15Cl2NO5S/c1-12(2)19-10(6-18-21(15,16)17)11(20-12)8-4-3-7(13)5-9(8)14/h3-5,10-11H,6H2,1-2H3,(H2,15,16,17)/t10-,11-/m0/s1. The lowest BCUT2D eigenvalue weighted by molar-refractivity contribution is -0.148. The Morgan fingerprint density at radius 3 is 2.57 bits per heavy atom. The summed E-state index contributed by atoms with van der Waals surface area (Å²) >= 11 is 12.0. The molecule has 0 aliphatic carbocycles. The van der Waals surface area contributed by atoms with E-state index in [0.717, 1.165) is 0 Å². The van der Waals surface area contributed by atoms with Crippen molar-refractivity contribution < 1.29 is 22.1 Å². The van der Waals surface area contributed by atoms with Crippen LogP contribution in [0.2, 0.25) is 10.0 Å². The van der Waals surface area contributed by atoms with E-state index >= 15 is 0 Å². The van der Waals surface area contributed by atoms with Gasteiger partial charge in [-0.1, -0.05) is 29.3 Å². The van der Waals surface area contributed by atoms with Crippen LogP contribution in [0, 0.1) is 0 Å². The lowest BCUT2D eigenvalue weighted by Crippen LogP contribution is -2.28. The average Bonchev–Trinajstić information content (AvgIpc) is 2.61. The maximum atomic E-state index is 10.9. The van der Waals surface area contributed by atoms with Gasteiger partial charge in [0, 0.05) is 15.6 Å². The fourth-order valence-electron chi connectivity index (χ4n) is 2.12. The summed E-state index contributed by atoms with van der Waals surface area (Å²) < 4.78 is 37.8. The highest BCUT2D eigenvalue weighted by molar-refractivity contribution is 7.84. The third-order valence-electron chi connectivity index (χ3n) is 2.85. The van der Waals surface area contributed by atoms with Gasteiger partial charge in [0.05, 0.1) is 6.61 Å². The molecular formula is C12H15Cl2NO5S. The Bertz CT molecular complexity index is 635. The monoisotopic (exact) mass is 355 g/mol. The van der Waals surface area contributed by atoms with E-state index in [0.29, 0.717) is 15.6 Å². The molecule has 6 nitrogen and oxygen atoms in total. The van der Waals surface area contributed by atoms with Gasteiger partial charge >= 0.3 is 10.3 Å². The number of hydrogen-bond acceptors (Lipinski definition) is 5. The van der Waals surface area contributed by atoms with E-state index in [2.05, 4.69) is 4.18 Å². The normalized spacial score (nSPS) is 25.2. The zero-order valence-corrected chi connectivity index (χ0v) is 13.7. The first-order chi connectivity index (χ1) is 9.57. The Labute approximate surface area is 133 Å². The largest absolute Gasteiger partial charge is 0.342 e. The van der Waals surface area contributed by atoms with Crippen LogP contribution in [0.3, 0.4) is 0 Å². The number of nitrogens with two attached hydrogens (primary N) is 1. The van der Waals surface area contributed by atoms with E-state index in [1.54, 1.807) is 32.0 Å². The molecule has 2 N–H and O–H groups in total. The Morgan fingerprint density at radius 1 is 1.33 bits per heavy atom. The average molecular weight is 356 g/mol. The van der Waals surface area contributed by atoms with Crippen molar-refractivity contribution in [3.05, 3.63) is 33.8 Å². The van der Waals surface area contributed by atoms with E-state index in [1.807, 2.05) is 0 Å².